The molecule has 15 heavy (non-hydrogen) atoms. The van der Waals surface area contributed by atoms with E-state index in [9.17, 15) is 0 Å². The molecular weight excluding hydrogens is 212 g/mol. The maximum absolute atomic E-state index is 5.27. The molecule has 6 heteroatoms. The molecule has 0 atom stereocenters. The van der Waals surface area contributed by atoms with Crippen LogP contribution >= 0.6 is 12.2 Å². The molecule has 0 aliphatic heterocycles. The maximum Gasteiger partial charge on any atom is 0.184 e. The molecule has 1 aromatic rings. The van der Waals surface area contributed by atoms with E-state index >= 15 is 0 Å². The van der Waals surface area contributed by atoms with Crippen molar-refractivity contribution in [3.8, 4) is 0 Å². The summed E-state index contributed by atoms with van der Waals surface area (Å²) in [4.78, 5) is 4.14. The lowest BCUT2D eigenvalue weighted by Crippen LogP contribution is -2.27. The lowest BCUT2D eigenvalue weighted by Gasteiger charge is -2.04. The van der Waals surface area contributed by atoms with Gasteiger partial charge < -0.3 is 10.5 Å². The Morgan fingerprint density at radius 3 is 3.00 bits per heavy atom. The molecule has 5 nitrogen and oxygen atoms in total. The zero-order chi connectivity index (χ0) is 11.1. The summed E-state index contributed by atoms with van der Waals surface area (Å²) in [6, 6.07) is 5.53. The summed E-state index contributed by atoms with van der Waals surface area (Å²) in [7, 11) is 1.58. The fourth-order valence-electron chi connectivity index (χ4n) is 0.956. The standard InChI is InChI=1S/C9H12N4OS/c1-14-6-8(12-13-9(10)15)7-4-2-3-5-11-7/h2-5H,6H2,1H3,(H3,10,13,15)/b12-8+. The number of nitrogens with one attached hydrogen (secondary N) is 1. The van der Waals surface area contributed by atoms with Gasteiger partial charge in [-0.25, -0.2) is 0 Å². The summed E-state index contributed by atoms with van der Waals surface area (Å²) in [6.45, 7) is 0.340. The Bertz CT molecular complexity index is 352. The van der Waals surface area contributed by atoms with Gasteiger partial charge in [-0.05, 0) is 24.4 Å². The number of methoxy groups -OCH3 is 1. The minimum absolute atomic E-state index is 0.111. The fraction of sp³-hybridized carbons (Fsp3) is 0.222. The van der Waals surface area contributed by atoms with E-state index in [1.54, 1.807) is 13.3 Å². The summed E-state index contributed by atoms with van der Waals surface area (Å²) in [5, 5.41) is 4.11. The van der Waals surface area contributed by atoms with Gasteiger partial charge in [0, 0.05) is 13.3 Å². The number of nitrogens with two attached hydrogens (primary N) is 1. The molecule has 0 aliphatic rings. The first kappa shape index (κ1) is 11.5. The van der Waals surface area contributed by atoms with Crippen LogP contribution in [0, 0.1) is 0 Å². The van der Waals surface area contributed by atoms with Crippen LogP contribution in [0.15, 0.2) is 29.5 Å². The monoisotopic (exact) mass is 224 g/mol. The van der Waals surface area contributed by atoms with Crippen LogP contribution < -0.4 is 11.2 Å². The van der Waals surface area contributed by atoms with Gasteiger partial charge in [0.2, 0.25) is 0 Å². The van der Waals surface area contributed by atoms with Crippen LogP contribution in [-0.4, -0.2) is 29.5 Å². The summed E-state index contributed by atoms with van der Waals surface area (Å²) >= 11 is 4.65. The van der Waals surface area contributed by atoms with E-state index in [1.807, 2.05) is 18.2 Å². The third-order valence-electron chi connectivity index (χ3n) is 1.54. The molecule has 1 heterocycles. The summed E-state index contributed by atoms with van der Waals surface area (Å²) in [6.07, 6.45) is 1.68. The maximum atomic E-state index is 5.27. The van der Waals surface area contributed by atoms with E-state index in [4.69, 9.17) is 10.5 Å². The average Bonchev–Trinajstić information content (AvgIpc) is 2.25. The van der Waals surface area contributed by atoms with E-state index in [1.165, 1.54) is 0 Å². The molecule has 0 aliphatic carbocycles. The van der Waals surface area contributed by atoms with Crippen LogP contribution in [0.2, 0.25) is 0 Å². The molecule has 1 rings (SSSR count). The van der Waals surface area contributed by atoms with Crippen LogP contribution in [0.5, 0.6) is 0 Å². The first-order chi connectivity index (χ1) is 7.24. The minimum Gasteiger partial charge on any atom is -0.378 e. The van der Waals surface area contributed by atoms with Crippen molar-refractivity contribution in [2.45, 2.75) is 0 Å². The number of pyridine rings is 1. The van der Waals surface area contributed by atoms with Crippen molar-refractivity contribution in [2.75, 3.05) is 13.7 Å². The van der Waals surface area contributed by atoms with Gasteiger partial charge in [-0.2, -0.15) is 5.10 Å². The van der Waals surface area contributed by atoms with Gasteiger partial charge in [-0.15, -0.1) is 0 Å². The third kappa shape index (κ3) is 4.01. The average molecular weight is 224 g/mol. The van der Waals surface area contributed by atoms with E-state index in [0.717, 1.165) is 5.69 Å². The molecule has 0 radical (unpaired) electrons. The predicted molar refractivity (Wildman–Crippen MR) is 62.6 cm³/mol. The van der Waals surface area contributed by atoms with Crippen molar-refractivity contribution in [1.82, 2.24) is 10.4 Å². The van der Waals surface area contributed by atoms with Crippen LogP contribution in [-0.2, 0) is 4.74 Å². The van der Waals surface area contributed by atoms with Crippen molar-refractivity contribution in [2.24, 2.45) is 10.8 Å². The highest BCUT2D eigenvalue weighted by Crippen LogP contribution is 1.96. The second-order valence-electron chi connectivity index (χ2n) is 2.68. The van der Waals surface area contributed by atoms with Crippen molar-refractivity contribution in [3.63, 3.8) is 0 Å². The molecular formula is C9H12N4OS. The van der Waals surface area contributed by atoms with Gasteiger partial charge >= 0.3 is 0 Å². The molecule has 80 valence electrons. The van der Waals surface area contributed by atoms with Crippen molar-refractivity contribution in [3.05, 3.63) is 30.1 Å². The van der Waals surface area contributed by atoms with Gasteiger partial charge in [-0.3, -0.25) is 10.4 Å². The number of hydrogen-bond donors (Lipinski definition) is 2. The second kappa shape index (κ2) is 6.05. The first-order valence-corrected chi connectivity index (χ1v) is 4.67. The Hall–Kier alpha value is -1.53. The van der Waals surface area contributed by atoms with Crippen LogP contribution in [0.25, 0.3) is 0 Å². The summed E-state index contributed by atoms with van der Waals surface area (Å²) in [5.74, 6) is 0. The molecule has 0 saturated heterocycles. The molecule has 0 amide bonds. The van der Waals surface area contributed by atoms with Crippen LogP contribution in [0.4, 0.5) is 0 Å². The van der Waals surface area contributed by atoms with E-state index in [2.05, 4.69) is 27.7 Å². The predicted octanol–water partition coefficient (Wildman–Crippen LogP) is 0.265. The van der Waals surface area contributed by atoms with Crippen molar-refractivity contribution >= 4 is 23.0 Å². The van der Waals surface area contributed by atoms with Crippen molar-refractivity contribution < 1.29 is 4.74 Å². The lowest BCUT2D eigenvalue weighted by atomic mass is 10.2. The number of ether oxygens (including phenoxy) is 1. The zero-order valence-corrected chi connectivity index (χ0v) is 9.12. The van der Waals surface area contributed by atoms with Gasteiger partial charge in [0.05, 0.1) is 12.3 Å². The highest BCUT2D eigenvalue weighted by molar-refractivity contribution is 7.80. The normalized spacial score (nSPS) is 11.1. The Morgan fingerprint density at radius 2 is 2.47 bits per heavy atom. The molecule has 0 spiro atoms. The van der Waals surface area contributed by atoms with Gasteiger partial charge in [0.15, 0.2) is 5.11 Å². The molecule has 0 fully saturated rings. The molecule has 0 unspecified atom stereocenters. The smallest absolute Gasteiger partial charge is 0.184 e. The zero-order valence-electron chi connectivity index (χ0n) is 8.30. The van der Waals surface area contributed by atoms with E-state index in [-0.39, 0.29) is 5.11 Å². The Labute approximate surface area is 93.3 Å². The number of nitrogens with zero attached hydrogens (tertiary/aromatic N) is 2. The number of aromatic nitrogens is 1. The van der Waals surface area contributed by atoms with E-state index in [0.29, 0.717) is 12.3 Å². The first-order valence-electron chi connectivity index (χ1n) is 4.26. The Balaban J connectivity index is 2.83. The van der Waals surface area contributed by atoms with Gasteiger partial charge in [-0.1, -0.05) is 6.07 Å². The van der Waals surface area contributed by atoms with Gasteiger partial charge in [0.25, 0.3) is 0 Å². The van der Waals surface area contributed by atoms with Crippen LogP contribution in [0.1, 0.15) is 5.69 Å². The quantitative estimate of drug-likeness (QED) is 0.436. The van der Waals surface area contributed by atoms with Crippen LogP contribution in [0.3, 0.4) is 0 Å². The lowest BCUT2D eigenvalue weighted by molar-refractivity contribution is 0.245. The topological polar surface area (TPSA) is 72.5 Å². The summed E-state index contributed by atoms with van der Waals surface area (Å²) < 4.78 is 5.00. The molecule has 0 saturated carbocycles. The molecule has 3 N–H and O–H groups in total. The largest absolute Gasteiger partial charge is 0.378 e. The molecule has 1 aromatic heterocycles. The number of hydrazone groups is 1. The number of rotatable bonds is 4. The molecule has 0 aromatic carbocycles. The number of hydrogen-bond acceptors (Lipinski definition) is 4. The third-order valence-corrected chi connectivity index (χ3v) is 1.63. The number of thiocarbonyl (C=S) groups is 1. The Kier molecular flexibility index (Phi) is 4.65. The molecule has 0 bridgehead atoms. The Morgan fingerprint density at radius 1 is 1.67 bits per heavy atom. The van der Waals surface area contributed by atoms with E-state index < -0.39 is 0 Å². The SMILES string of the molecule is COC/C(=N\NC(N)=S)c1ccccn1. The highest BCUT2D eigenvalue weighted by Gasteiger charge is 2.03. The second-order valence-corrected chi connectivity index (χ2v) is 3.12. The van der Waals surface area contributed by atoms with Crippen molar-refractivity contribution in [1.29, 1.82) is 0 Å². The highest BCUT2D eigenvalue weighted by atomic mass is 32.1. The summed E-state index contributed by atoms with van der Waals surface area (Å²) in [5.41, 5.74) is 9.14. The fourth-order valence-corrected chi connectivity index (χ4v) is 1.00. The van der Waals surface area contributed by atoms with Gasteiger partial charge in [0.1, 0.15) is 5.71 Å². The minimum atomic E-state index is 0.111.